The topological polar surface area (TPSA) is 70.1 Å². The largest absolute Gasteiger partial charge is 0.507 e. The first-order valence-electron chi connectivity index (χ1n) is 10.5. The van der Waals surface area contributed by atoms with Gasteiger partial charge in [-0.25, -0.2) is 0 Å². The van der Waals surface area contributed by atoms with Crippen molar-refractivity contribution in [2.45, 2.75) is 25.8 Å². The normalized spacial score (nSPS) is 18.1. The Morgan fingerprint density at radius 3 is 2.45 bits per heavy atom. The van der Waals surface area contributed by atoms with Crippen LogP contribution in [0.15, 0.2) is 54.1 Å². The van der Waals surface area contributed by atoms with Crippen LogP contribution in [0.4, 0.5) is 0 Å². The molecule has 0 radical (unpaired) electrons. The number of carbonyl (C=O) groups is 2. The minimum absolute atomic E-state index is 0.118. The van der Waals surface area contributed by atoms with E-state index in [-0.39, 0.29) is 11.3 Å². The number of ketones is 1. The molecular formula is C25H30N2O4. The van der Waals surface area contributed by atoms with Gasteiger partial charge in [0.2, 0.25) is 0 Å². The Hall–Kier alpha value is -3.12. The van der Waals surface area contributed by atoms with Crippen molar-refractivity contribution < 1.29 is 19.4 Å². The van der Waals surface area contributed by atoms with E-state index in [4.69, 9.17) is 4.74 Å². The highest BCUT2D eigenvalue weighted by atomic mass is 16.5. The zero-order chi connectivity index (χ0) is 22.5. The van der Waals surface area contributed by atoms with E-state index in [2.05, 4.69) is 6.92 Å². The Morgan fingerprint density at radius 2 is 1.84 bits per heavy atom. The SMILES string of the molecule is CCc1ccc(C2C(=C(O)c3cccc(OC)c3)C(=O)C(=O)N2CCCN(C)C)cc1. The number of rotatable bonds is 8. The van der Waals surface area contributed by atoms with Gasteiger partial charge in [-0.2, -0.15) is 0 Å². The molecule has 3 rings (SSSR count). The molecule has 1 amide bonds. The Bertz CT molecular complexity index is 979. The third-order valence-electron chi connectivity index (χ3n) is 5.59. The number of methoxy groups -OCH3 is 1. The number of hydrogen-bond acceptors (Lipinski definition) is 5. The third kappa shape index (κ3) is 4.80. The van der Waals surface area contributed by atoms with Gasteiger partial charge < -0.3 is 19.6 Å². The minimum atomic E-state index is -0.658. The van der Waals surface area contributed by atoms with Crippen molar-refractivity contribution in [3.63, 3.8) is 0 Å². The van der Waals surface area contributed by atoms with Crippen LogP contribution in [0.25, 0.3) is 5.76 Å². The smallest absolute Gasteiger partial charge is 0.295 e. The van der Waals surface area contributed by atoms with Gasteiger partial charge in [0.25, 0.3) is 11.7 Å². The summed E-state index contributed by atoms with van der Waals surface area (Å²) in [6.45, 7) is 3.29. The number of nitrogens with zero attached hydrogens (tertiary/aromatic N) is 2. The first kappa shape index (κ1) is 22.6. The van der Waals surface area contributed by atoms with Crippen molar-refractivity contribution in [1.29, 1.82) is 0 Å². The molecule has 0 spiro atoms. The number of aryl methyl sites for hydroxylation is 1. The molecule has 0 saturated carbocycles. The van der Waals surface area contributed by atoms with Crippen LogP contribution in [0.2, 0.25) is 0 Å². The van der Waals surface area contributed by atoms with Gasteiger partial charge in [-0.1, -0.05) is 43.3 Å². The molecule has 164 valence electrons. The van der Waals surface area contributed by atoms with Gasteiger partial charge in [-0.05, 0) is 56.7 Å². The summed E-state index contributed by atoms with van der Waals surface area (Å²) < 4.78 is 5.25. The molecule has 6 nitrogen and oxygen atoms in total. The fourth-order valence-electron chi connectivity index (χ4n) is 3.88. The molecule has 0 aromatic heterocycles. The van der Waals surface area contributed by atoms with E-state index in [0.29, 0.717) is 17.9 Å². The van der Waals surface area contributed by atoms with Crippen molar-refractivity contribution in [2.75, 3.05) is 34.3 Å². The van der Waals surface area contributed by atoms with Gasteiger partial charge in [0, 0.05) is 12.1 Å². The maximum atomic E-state index is 13.0. The number of aliphatic hydroxyl groups is 1. The van der Waals surface area contributed by atoms with E-state index < -0.39 is 17.7 Å². The molecule has 1 heterocycles. The van der Waals surface area contributed by atoms with Crippen LogP contribution < -0.4 is 4.74 Å². The van der Waals surface area contributed by atoms with Crippen LogP contribution in [0.5, 0.6) is 5.75 Å². The van der Waals surface area contributed by atoms with Crippen molar-refractivity contribution in [1.82, 2.24) is 9.80 Å². The van der Waals surface area contributed by atoms with E-state index in [1.807, 2.05) is 43.3 Å². The summed E-state index contributed by atoms with van der Waals surface area (Å²) in [5.74, 6) is -0.854. The molecule has 1 N–H and O–H groups in total. The maximum Gasteiger partial charge on any atom is 0.295 e. The lowest BCUT2D eigenvalue weighted by Crippen LogP contribution is -2.32. The predicted octanol–water partition coefficient (Wildman–Crippen LogP) is 3.63. The number of aliphatic hydroxyl groups excluding tert-OH is 1. The van der Waals surface area contributed by atoms with Gasteiger partial charge >= 0.3 is 0 Å². The Balaban J connectivity index is 2.09. The van der Waals surface area contributed by atoms with Gasteiger partial charge in [-0.15, -0.1) is 0 Å². The summed E-state index contributed by atoms with van der Waals surface area (Å²) >= 11 is 0. The molecule has 2 aromatic rings. The van der Waals surface area contributed by atoms with Crippen molar-refractivity contribution in [3.8, 4) is 5.75 Å². The molecule has 1 aliphatic heterocycles. The zero-order valence-corrected chi connectivity index (χ0v) is 18.6. The molecule has 1 aliphatic rings. The van der Waals surface area contributed by atoms with Crippen molar-refractivity contribution in [2.24, 2.45) is 0 Å². The third-order valence-corrected chi connectivity index (χ3v) is 5.59. The quantitative estimate of drug-likeness (QED) is 0.400. The van der Waals surface area contributed by atoms with Crippen LogP contribution in [-0.4, -0.2) is 60.9 Å². The highest BCUT2D eigenvalue weighted by Crippen LogP contribution is 2.39. The molecule has 1 fully saturated rings. The standard InChI is InChI=1S/C25H30N2O4/c1-5-17-10-12-18(13-11-17)22-21(23(28)19-8-6-9-20(16-19)31-4)24(29)25(30)27(22)15-7-14-26(2)3/h6,8-13,16,22,28H,5,7,14-15H2,1-4H3. The second kappa shape index (κ2) is 9.79. The fourth-order valence-corrected chi connectivity index (χ4v) is 3.88. The zero-order valence-electron chi connectivity index (χ0n) is 18.6. The summed E-state index contributed by atoms with van der Waals surface area (Å²) in [5, 5.41) is 11.1. The molecule has 0 aliphatic carbocycles. The Morgan fingerprint density at radius 1 is 1.13 bits per heavy atom. The summed E-state index contributed by atoms with van der Waals surface area (Å²) in [7, 11) is 5.48. The fraction of sp³-hybridized carbons (Fsp3) is 0.360. The summed E-state index contributed by atoms with van der Waals surface area (Å²) in [6.07, 6.45) is 1.62. The molecule has 1 unspecified atom stereocenters. The van der Waals surface area contributed by atoms with Crippen molar-refractivity contribution >= 4 is 17.4 Å². The monoisotopic (exact) mass is 422 g/mol. The number of likely N-dealkylation sites (tertiary alicyclic amines) is 1. The van der Waals surface area contributed by atoms with Crippen LogP contribution >= 0.6 is 0 Å². The lowest BCUT2D eigenvalue weighted by atomic mass is 9.94. The summed E-state index contributed by atoms with van der Waals surface area (Å²) in [5.41, 5.74) is 2.54. The average Bonchev–Trinajstić information content (AvgIpc) is 3.03. The van der Waals surface area contributed by atoms with Crippen molar-refractivity contribution in [3.05, 3.63) is 70.8 Å². The van der Waals surface area contributed by atoms with E-state index in [1.54, 1.807) is 29.2 Å². The molecule has 6 heteroatoms. The van der Waals surface area contributed by atoms with Crippen LogP contribution in [0.3, 0.4) is 0 Å². The second-order valence-corrected chi connectivity index (χ2v) is 7.98. The van der Waals surface area contributed by atoms with Crippen LogP contribution in [0, 0.1) is 0 Å². The number of Topliss-reactive ketones (excluding diaryl/α,β-unsaturated/α-hetero) is 1. The molecule has 1 atom stereocenters. The first-order valence-corrected chi connectivity index (χ1v) is 10.5. The lowest BCUT2D eigenvalue weighted by molar-refractivity contribution is -0.139. The number of hydrogen-bond donors (Lipinski definition) is 1. The highest BCUT2D eigenvalue weighted by Gasteiger charge is 2.45. The summed E-state index contributed by atoms with van der Waals surface area (Å²) in [6, 6.07) is 14.1. The molecule has 1 saturated heterocycles. The van der Waals surface area contributed by atoms with E-state index >= 15 is 0 Å². The summed E-state index contributed by atoms with van der Waals surface area (Å²) in [4.78, 5) is 29.6. The predicted molar refractivity (Wildman–Crippen MR) is 121 cm³/mol. The molecule has 2 aromatic carbocycles. The van der Waals surface area contributed by atoms with E-state index in [9.17, 15) is 14.7 Å². The number of ether oxygens (including phenoxy) is 1. The number of benzene rings is 2. The van der Waals surface area contributed by atoms with E-state index in [0.717, 1.165) is 24.9 Å². The van der Waals surface area contributed by atoms with E-state index in [1.165, 1.54) is 12.7 Å². The highest BCUT2D eigenvalue weighted by molar-refractivity contribution is 6.46. The number of amides is 1. The lowest BCUT2D eigenvalue weighted by Gasteiger charge is -2.26. The Kier molecular flexibility index (Phi) is 7.13. The van der Waals surface area contributed by atoms with Crippen LogP contribution in [0.1, 0.15) is 36.1 Å². The molecule has 0 bridgehead atoms. The molecular weight excluding hydrogens is 392 g/mol. The first-order chi connectivity index (χ1) is 14.9. The average molecular weight is 423 g/mol. The van der Waals surface area contributed by atoms with Gasteiger partial charge in [-0.3, -0.25) is 9.59 Å². The van der Waals surface area contributed by atoms with Crippen LogP contribution in [-0.2, 0) is 16.0 Å². The van der Waals surface area contributed by atoms with Gasteiger partial charge in [0.05, 0.1) is 18.7 Å². The second-order valence-electron chi connectivity index (χ2n) is 7.98. The van der Waals surface area contributed by atoms with Gasteiger partial charge in [0.15, 0.2) is 0 Å². The minimum Gasteiger partial charge on any atom is -0.507 e. The Labute approximate surface area is 183 Å². The number of carbonyl (C=O) groups excluding carboxylic acids is 2. The van der Waals surface area contributed by atoms with Gasteiger partial charge in [0.1, 0.15) is 11.5 Å². The maximum absolute atomic E-state index is 13.0. The molecule has 31 heavy (non-hydrogen) atoms.